The minimum absolute atomic E-state index is 0.813. The van der Waals surface area contributed by atoms with Gasteiger partial charge in [-0.1, -0.05) is 12.5 Å². The lowest BCUT2D eigenvalue weighted by molar-refractivity contribution is -0.00254. The van der Waals surface area contributed by atoms with Gasteiger partial charge in [-0.25, -0.2) is 0 Å². The number of nitrogens with one attached hydrogen (secondary N) is 1. The molecular weight excluding hydrogens is 190 g/mol. The lowest BCUT2D eigenvalue weighted by Gasteiger charge is -2.54. The predicted octanol–water partition coefficient (Wildman–Crippen LogP) is 3.17. The van der Waals surface area contributed by atoms with Crippen molar-refractivity contribution in [3.05, 3.63) is 22.4 Å². The van der Waals surface area contributed by atoms with Crippen molar-refractivity contribution in [1.82, 2.24) is 5.32 Å². The topological polar surface area (TPSA) is 12.0 Å². The van der Waals surface area contributed by atoms with E-state index in [0.29, 0.717) is 0 Å². The van der Waals surface area contributed by atoms with Gasteiger partial charge in [0.05, 0.1) is 0 Å². The summed E-state index contributed by atoms with van der Waals surface area (Å²) >= 11 is 1.86. The van der Waals surface area contributed by atoms with E-state index >= 15 is 0 Å². The SMILES string of the molecule is c1csc(CNC2CC3(CCC3)C2)c1. The van der Waals surface area contributed by atoms with E-state index in [-0.39, 0.29) is 0 Å². The summed E-state index contributed by atoms with van der Waals surface area (Å²) in [6, 6.07) is 5.17. The van der Waals surface area contributed by atoms with E-state index in [9.17, 15) is 0 Å². The molecule has 2 aliphatic carbocycles. The summed E-state index contributed by atoms with van der Waals surface area (Å²) < 4.78 is 0. The van der Waals surface area contributed by atoms with Gasteiger partial charge in [-0.3, -0.25) is 0 Å². The van der Waals surface area contributed by atoms with Gasteiger partial charge in [0.15, 0.2) is 0 Å². The molecule has 1 heterocycles. The van der Waals surface area contributed by atoms with Crippen LogP contribution in [0.4, 0.5) is 0 Å². The van der Waals surface area contributed by atoms with Crippen LogP contribution in [0.15, 0.2) is 17.5 Å². The molecule has 0 amide bonds. The Morgan fingerprint density at radius 1 is 1.43 bits per heavy atom. The maximum Gasteiger partial charge on any atom is 0.0302 e. The third-order valence-electron chi connectivity index (χ3n) is 3.92. The minimum Gasteiger partial charge on any atom is -0.309 e. The first kappa shape index (κ1) is 8.93. The molecule has 0 saturated heterocycles. The molecule has 1 aromatic heterocycles. The Bertz CT molecular complexity index is 292. The summed E-state index contributed by atoms with van der Waals surface area (Å²) in [6.07, 6.45) is 7.38. The van der Waals surface area contributed by atoms with E-state index in [1.54, 1.807) is 0 Å². The molecule has 1 spiro atoms. The van der Waals surface area contributed by atoms with Crippen molar-refractivity contribution < 1.29 is 0 Å². The van der Waals surface area contributed by atoms with E-state index in [1.807, 2.05) is 11.3 Å². The lowest BCUT2D eigenvalue weighted by Crippen LogP contribution is -2.51. The third kappa shape index (κ3) is 1.51. The van der Waals surface area contributed by atoms with Crippen LogP contribution in [0, 0.1) is 5.41 Å². The first-order chi connectivity index (χ1) is 6.86. The van der Waals surface area contributed by atoms with Crippen molar-refractivity contribution in [2.75, 3.05) is 0 Å². The molecule has 0 unspecified atom stereocenters. The van der Waals surface area contributed by atoms with Crippen molar-refractivity contribution in [1.29, 1.82) is 0 Å². The first-order valence-corrected chi connectivity index (χ1v) is 6.50. The Balaban J connectivity index is 1.43. The molecule has 1 aromatic rings. The highest BCUT2D eigenvalue weighted by molar-refractivity contribution is 7.09. The number of thiophene rings is 1. The number of rotatable bonds is 3. The van der Waals surface area contributed by atoms with Crippen LogP contribution in [0.5, 0.6) is 0 Å². The summed E-state index contributed by atoms with van der Waals surface area (Å²) in [5.74, 6) is 0. The molecule has 76 valence electrons. The van der Waals surface area contributed by atoms with E-state index in [2.05, 4.69) is 22.8 Å². The van der Waals surface area contributed by atoms with E-state index < -0.39 is 0 Å². The third-order valence-corrected chi connectivity index (χ3v) is 4.79. The summed E-state index contributed by atoms with van der Waals surface area (Å²) in [6.45, 7) is 1.08. The van der Waals surface area contributed by atoms with Gasteiger partial charge in [-0.05, 0) is 42.5 Å². The Hall–Kier alpha value is -0.340. The summed E-state index contributed by atoms with van der Waals surface area (Å²) in [5.41, 5.74) is 0.813. The normalized spacial score (nSPS) is 24.6. The van der Waals surface area contributed by atoms with Crippen LogP contribution in [0.3, 0.4) is 0 Å². The van der Waals surface area contributed by atoms with Crippen LogP contribution in [0.2, 0.25) is 0 Å². The van der Waals surface area contributed by atoms with Crippen molar-refractivity contribution >= 4 is 11.3 Å². The summed E-state index contributed by atoms with van der Waals surface area (Å²) in [5, 5.41) is 5.81. The monoisotopic (exact) mass is 207 g/mol. The molecule has 14 heavy (non-hydrogen) atoms. The fraction of sp³-hybridized carbons (Fsp3) is 0.667. The van der Waals surface area contributed by atoms with Crippen LogP contribution < -0.4 is 5.32 Å². The smallest absolute Gasteiger partial charge is 0.0302 e. The lowest BCUT2D eigenvalue weighted by atomic mass is 9.54. The van der Waals surface area contributed by atoms with Crippen LogP contribution in [-0.2, 0) is 6.54 Å². The fourth-order valence-electron chi connectivity index (χ4n) is 2.87. The zero-order valence-electron chi connectivity index (χ0n) is 8.46. The van der Waals surface area contributed by atoms with Crippen LogP contribution >= 0.6 is 11.3 Å². The number of hydrogen-bond donors (Lipinski definition) is 1. The van der Waals surface area contributed by atoms with Crippen LogP contribution in [0.1, 0.15) is 37.0 Å². The minimum atomic E-state index is 0.813. The zero-order valence-corrected chi connectivity index (χ0v) is 9.28. The molecule has 0 aromatic carbocycles. The highest BCUT2D eigenvalue weighted by Gasteiger charge is 2.47. The molecule has 2 fully saturated rings. The van der Waals surface area contributed by atoms with Crippen molar-refractivity contribution in [3.63, 3.8) is 0 Å². The predicted molar refractivity (Wildman–Crippen MR) is 60.5 cm³/mol. The molecular formula is C12H17NS. The van der Waals surface area contributed by atoms with Gasteiger partial charge < -0.3 is 5.32 Å². The van der Waals surface area contributed by atoms with Gasteiger partial charge in [-0.15, -0.1) is 11.3 Å². The zero-order chi connectivity index (χ0) is 9.43. The van der Waals surface area contributed by atoms with Gasteiger partial charge in [0, 0.05) is 17.5 Å². The largest absolute Gasteiger partial charge is 0.309 e. The Labute approximate surface area is 89.5 Å². The van der Waals surface area contributed by atoms with Crippen molar-refractivity contribution in [2.45, 2.75) is 44.7 Å². The molecule has 0 bridgehead atoms. The van der Waals surface area contributed by atoms with Crippen molar-refractivity contribution in [3.8, 4) is 0 Å². The molecule has 2 heteroatoms. The molecule has 2 aliphatic rings. The molecule has 3 rings (SSSR count). The fourth-order valence-corrected chi connectivity index (χ4v) is 3.53. The van der Waals surface area contributed by atoms with Gasteiger partial charge in [0.25, 0.3) is 0 Å². The molecule has 0 aliphatic heterocycles. The second kappa shape index (κ2) is 3.35. The number of hydrogen-bond acceptors (Lipinski definition) is 2. The average Bonchev–Trinajstić information content (AvgIpc) is 2.50. The Morgan fingerprint density at radius 2 is 2.29 bits per heavy atom. The molecule has 1 N–H and O–H groups in total. The maximum atomic E-state index is 3.66. The van der Waals surface area contributed by atoms with Crippen LogP contribution in [-0.4, -0.2) is 6.04 Å². The Kier molecular flexibility index (Phi) is 2.14. The van der Waals surface area contributed by atoms with Gasteiger partial charge in [-0.2, -0.15) is 0 Å². The van der Waals surface area contributed by atoms with Crippen LogP contribution in [0.25, 0.3) is 0 Å². The second-order valence-electron chi connectivity index (χ2n) is 4.92. The van der Waals surface area contributed by atoms with Crippen molar-refractivity contribution in [2.24, 2.45) is 5.41 Å². The average molecular weight is 207 g/mol. The summed E-state index contributed by atoms with van der Waals surface area (Å²) in [7, 11) is 0. The van der Waals surface area contributed by atoms with Gasteiger partial charge >= 0.3 is 0 Å². The standard InChI is InChI=1S/C12H17NS/c1-3-11(14-6-1)9-13-10-7-12(8-10)4-2-5-12/h1,3,6,10,13H,2,4-5,7-9H2. The Morgan fingerprint density at radius 3 is 2.86 bits per heavy atom. The second-order valence-corrected chi connectivity index (χ2v) is 5.95. The first-order valence-electron chi connectivity index (χ1n) is 5.62. The van der Waals surface area contributed by atoms with Gasteiger partial charge in [0.2, 0.25) is 0 Å². The maximum absolute atomic E-state index is 3.66. The molecule has 0 radical (unpaired) electrons. The highest BCUT2D eigenvalue weighted by atomic mass is 32.1. The van der Waals surface area contributed by atoms with E-state index in [1.165, 1.54) is 37.0 Å². The molecule has 0 atom stereocenters. The van der Waals surface area contributed by atoms with E-state index in [0.717, 1.165) is 18.0 Å². The quantitative estimate of drug-likeness (QED) is 0.802. The molecule has 1 nitrogen and oxygen atoms in total. The highest BCUT2D eigenvalue weighted by Crippen LogP contribution is 2.55. The summed E-state index contributed by atoms with van der Waals surface area (Å²) in [4.78, 5) is 1.47. The van der Waals surface area contributed by atoms with Gasteiger partial charge in [0.1, 0.15) is 0 Å². The van der Waals surface area contributed by atoms with E-state index in [4.69, 9.17) is 0 Å². The molecule has 2 saturated carbocycles.